The molecule has 14 rings (SSSR count). The molecular weight excluding hydrogens is 861 g/mol. The van der Waals surface area contributed by atoms with Crippen LogP contribution in [0.4, 0.5) is 17.1 Å². The number of benzene rings is 12. The Hall–Kier alpha value is -9.44. The number of aromatic nitrogens is 1. The minimum Gasteiger partial charge on any atom is -0.456 e. The average molecular weight is 905 g/mol. The van der Waals surface area contributed by atoms with Crippen LogP contribution in [-0.4, -0.2) is 4.57 Å². The van der Waals surface area contributed by atoms with Crippen LogP contribution in [-0.2, 0) is 0 Å². The molecule has 0 saturated carbocycles. The van der Waals surface area contributed by atoms with Crippen LogP contribution < -0.4 is 4.90 Å². The maximum Gasteiger partial charge on any atom is 0.136 e. The molecule has 3 nitrogen and oxygen atoms in total. The fourth-order valence-corrected chi connectivity index (χ4v) is 10.9. The molecule has 0 fully saturated rings. The third-order valence-electron chi connectivity index (χ3n) is 14.4. The summed E-state index contributed by atoms with van der Waals surface area (Å²) >= 11 is 0. The van der Waals surface area contributed by atoms with Crippen LogP contribution >= 0.6 is 0 Å². The molecule has 0 aliphatic rings. The fraction of sp³-hybridized carbons (Fsp3) is 0. The van der Waals surface area contributed by atoms with E-state index in [1.807, 2.05) is 12.1 Å². The summed E-state index contributed by atoms with van der Waals surface area (Å²) in [4.78, 5) is 2.37. The molecule has 0 spiro atoms. The van der Waals surface area contributed by atoms with Gasteiger partial charge in [0, 0.05) is 44.3 Å². The van der Waals surface area contributed by atoms with Crippen molar-refractivity contribution in [2.24, 2.45) is 0 Å². The van der Waals surface area contributed by atoms with Crippen molar-refractivity contribution in [3.63, 3.8) is 0 Å². The highest BCUT2D eigenvalue weighted by Crippen LogP contribution is 2.42. The Morgan fingerprint density at radius 2 is 0.761 bits per heavy atom. The van der Waals surface area contributed by atoms with Crippen molar-refractivity contribution in [2.45, 2.75) is 0 Å². The molecule has 0 aliphatic heterocycles. The number of para-hydroxylation sites is 3. The van der Waals surface area contributed by atoms with E-state index in [1.165, 1.54) is 71.2 Å². The van der Waals surface area contributed by atoms with Gasteiger partial charge in [0.25, 0.3) is 0 Å². The van der Waals surface area contributed by atoms with E-state index in [0.717, 1.165) is 61.4 Å². The molecule has 14 aromatic rings. The van der Waals surface area contributed by atoms with Gasteiger partial charge in [-0.1, -0.05) is 176 Å². The average Bonchev–Trinajstić information content (AvgIpc) is 3.99. The van der Waals surface area contributed by atoms with Crippen LogP contribution in [0.3, 0.4) is 0 Å². The van der Waals surface area contributed by atoms with Gasteiger partial charge in [-0.05, 0) is 157 Å². The quantitative estimate of drug-likeness (QED) is 0.142. The van der Waals surface area contributed by atoms with E-state index in [2.05, 4.69) is 264 Å². The van der Waals surface area contributed by atoms with Gasteiger partial charge in [-0.15, -0.1) is 0 Å². The lowest BCUT2D eigenvalue weighted by molar-refractivity contribution is 0.669. The van der Waals surface area contributed by atoms with Gasteiger partial charge >= 0.3 is 0 Å². The Morgan fingerprint density at radius 3 is 1.44 bits per heavy atom. The van der Waals surface area contributed by atoms with Crippen molar-refractivity contribution in [1.82, 2.24) is 4.57 Å². The summed E-state index contributed by atoms with van der Waals surface area (Å²) < 4.78 is 8.66. The van der Waals surface area contributed by atoms with Crippen LogP contribution in [0.1, 0.15) is 0 Å². The number of anilines is 3. The molecule has 12 aromatic carbocycles. The minimum absolute atomic E-state index is 0.895. The second kappa shape index (κ2) is 16.7. The Morgan fingerprint density at radius 1 is 0.268 bits per heavy atom. The summed E-state index contributed by atoms with van der Waals surface area (Å²) in [6.45, 7) is 0. The summed E-state index contributed by atoms with van der Waals surface area (Å²) in [6, 6.07) is 96.7. The molecule has 0 unspecified atom stereocenters. The topological polar surface area (TPSA) is 21.3 Å². The molecular formula is C68H44N2O. The van der Waals surface area contributed by atoms with Crippen molar-refractivity contribution in [3.8, 4) is 50.2 Å². The molecule has 0 atom stereocenters. The number of hydrogen-bond acceptors (Lipinski definition) is 2. The Balaban J connectivity index is 0.824. The minimum atomic E-state index is 0.895. The summed E-state index contributed by atoms with van der Waals surface area (Å²) in [5.74, 6) is 0. The van der Waals surface area contributed by atoms with Gasteiger partial charge in [0.05, 0.1) is 11.0 Å². The normalized spacial score (nSPS) is 11.7. The van der Waals surface area contributed by atoms with Crippen LogP contribution in [0.15, 0.2) is 271 Å². The standard InChI is InChI=1S/C68H44N2O/c1-2-18-57-52(13-1)43-64(59-20-4-3-19-58(57)59)51-16-12-17-56(42-51)69(54-36-29-47(30-37-54)50-33-40-63-62-23-7-10-26-67(62)71-68(63)44-50)53-34-27-45(28-35-53)48-14-11-15-49(41-48)46-31-38-55(39-32-46)70-65-24-8-5-21-60(65)61-22-6-9-25-66(61)70/h1-44H. The van der Waals surface area contributed by atoms with Crippen LogP contribution in [0.25, 0.3) is 115 Å². The molecule has 0 aliphatic carbocycles. The number of rotatable bonds is 8. The smallest absolute Gasteiger partial charge is 0.136 e. The lowest BCUT2D eigenvalue weighted by Gasteiger charge is -2.26. The highest BCUT2D eigenvalue weighted by atomic mass is 16.3. The fourth-order valence-electron chi connectivity index (χ4n) is 10.9. The van der Waals surface area contributed by atoms with Crippen molar-refractivity contribution < 1.29 is 4.42 Å². The summed E-state index contributed by atoms with van der Waals surface area (Å²) in [5.41, 5.74) is 17.9. The number of furan rings is 1. The van der Waals surface area contributed by atoms with Crippen molar-refractivity contribution >= 4 is 82.4 Å². The predicted octanol–water partition coefficient (Wildman–Crippen LogP) is 19.1. The molecule has 0 amide bonds. The summed E-state index contributed by atoms with van der Waals surface area (Å²) in [6.07, 6.45) is 0. The molecule has 2 heterocycles. The Bertz CT molecular complexity index is 4280. The molecule has 0 radical (unpaired) electrons. The highest BCUT2D eigenvalue weighted by molar-refractivity contribution is 6.14. The molecule has 0 N–H and O–H groups in total. The van der Waals surface area contributed by atoms with Gasteiger partial charge in [0.2, 0.25) is 0 Å². The maximum absolute atomic E-state index is 6.29. The first-order chi connectivity index (χ1) is 35.2. The van der Waals surface area contributed by atoms with E-state index in [1.54, 1.807) is 0 Å². The van der Waals surface area contributed by atoms with Gasteiger partial charge in [-0.3, -0.25) is 0 Å². The van der Waals surface area contributed by atoms with Gasteiger partial charge in [0.15, 0.2) is 0 Å². The molecule has 71 heavy (non-hydrogen) atoms. The zero-order valence-corrected chi connectivity index (χ0v) is 38.7. The molecule has 0 saturated heterocycles. The third kappa shape index (κ3) is 6.97. The first kappa shape index (κ1) is 40.6. The predicted molar refractivity (Wildman–Crippen MR) is 299 cm³/mol. The first-order valence-corrected chi connectivity index (χ1v) is 24.3. The van der Waals surface area contributed by atoms with Crippen molar-refractivity contribution in [1.29, 1.82) is 0 Å². The Labute approximate surface area is 411 Å². The summed E-state index contributed by atoms with van der Waals surface area (Å²) in [7, 11) is 0. The largest absolute Gasteiger partial charge is 0.456 e. The van der Waals surface area contributed by atoms with E-state index >= 15 is 0 Å². The van der Waals surface area contributed by atoms with Gasteiger partial charge < -0.3 is 13.9 Å². The SMILES string of the molecule is c1cc(-c2ccc(N(c3ccc(-c4ccc5c(c4)oc4ccccc45)cc3)c3cccc(-c4cc5ccccc5c5ccccc45)c3)cc2)cc(-c2ccc(-n3c4ccccc4c4ccccc43)cc2)c1. The van der Waals surface area contributed by atoms with E-state index in [0.29, 0.717) is 0 Å². The van der Waals surface area contributed by atoms with Gasteiger partial charge in [-0.25, -0.2) is 0 Å². The lowest BCUT2D eigenvalue weighted by atomic mass is 9.93. The Kier molecular flexibility index (Phi) is 9.53. The number of hydrogen-bond donors (Lipinski definition) is 0. The maximum atomic E-state index is 6.29. The zero-order valence-electron chi connectivity index (χ0n) is 38.7. The van der Waals surface area contributed by atoms with E-state index < -0.39 is 0 Å². The lowest BCUT2D eigenvalue weighted by Crippen LogP contribution is -2.10. The first-order valence-electron chi connectivity index (χ1n) is 24.3. The summed E-state index contributed by atoms with van der Waals surface area (Å²) in [5, 5.41) is 9.80. The van der Waals surface area contributed by atoms with Gasteiger partial charge in [0.1, 0.15) is 11.2 Å². The molecule has 2 aromatic heterocycles. The van der Waals surface area contributed by atoms with E-state index in [-0.39, 0.29) is 0 Å². The van der Waals surface area contributed by atoms with Crippen molar-refractivity contribution in [2.75, 3.05) is 4.90 Å². The van der Waals surface area contributed by atoms with E-state index in [9.17, 15) is 0 Å². The number of nitrogens with zero attached hydrogens (tertiary/aromatic N) is 2. The third-order valence-corrected chi connectivity index (χ3v) is 14.4. The highest BCUT2D eigenvalue weighted by Gasteiger charge is 2.18. The second-order valence-corrected chi connectivity index (χ2v) is 18.5. The van der Waals surface area contributed by atoms with Crippen LogP contribution in [0.2, 0.25) is 0 Å². The van der Waals surface area contributed by atoms with Crippen molar-refractivity contribution in [3.05, 3.63) is 267 Å². The molecule has 0 bridgehead atoms. The number of fused-ring (bicyclic) bond motifs is 9. The second-order valence-electron chi connectivity index (χ2n) is 18.5. The van der Waals surface area contributed by atoms with Gasteiger partial charge in [-0.2, -0.15) is 0 Å². The van der Waals surface area contributed by atoms with Crippen LogP contribution in [0, 0.1) is 0 Å². The van der Waals surface area contributed by atoms with Crippen LogP contribution in [0.5, 0.6) is 0 Å². The monoisotopic (exact) mass is 904 g/mol. The molecule has 3 heteroatoms. The zero-order chi connectivity index (χ0) is 46.8. The molecule has 332 valence electrons. The van der Waals surface area contributed by atoms with E-state index in [4.69, 9.17) is 4.42 Å².